The number of aliphatic hydroxyl groups excluding tert-OH is 3. The van der Waals surface area contributed by atoms with E-state index in [9.17, 15) is 25.2 Å². The molecule has 2 aromatic rings. The van der Waals surface area contributed by atoms with Crippen LogP contribution in [0.4, 0.5) is 0 Å². The summed E-state index contributed by atoms with van der Waals surface area (Å²) in [5, 5.41) is 41.5. The molecule has 1 saturated heterocycles. The van der Waals surface area contributed by atoms with Crippen LogP contribution in [0.2, 0.25) is 0 Å². The molecular formula is C24H25NO6. The summed E-state index contributed by atoms with van der Waals surface area (Å²) in [4.78, 5) is 11.9. The van der Waals surface area contributed by atoms with E-state index in [1.54, 1.807) is 36.5 Å². The Hall–Kier alpha value is -2.91. The van der Waals surface area contributed by atoms with Crippen LogP contribution in [0, 0.1) is 23.7 Å². The average Bonchev–Trinajstić information content (AvgIpc) is 2.77. The maximum absolute atomic E-state index is 11.9. The van der Waals surface area contributed by atoms with Crippen LogP contribution in [-0.2, 0) is 4.74 Å². The number of aromatic nitrogens is 1. The van der Waals surface area contributed by atoms with Crippen LogP contribution < -0.4 is 5.56 Å². The molecule has 0 unspecified atom stereocenters. The fourth-order valence-electron chi connectivity index (χ4n) is 3.24. The van der Waals surface area contributed by atoms with E-state index in [0.29, 0.717) is 11.1 Å². The maximum Gasteiger partial charge on any atom is 0.250 e. The first-order chi connectivity index (χ1) is 14.8. The Bertz CT molecular complexity index is 1090. The number of hydrogen-bond acceptors (Lipinski definition) is 6. The van der Waals surface area contributed by atoms with E-state index < -0.39 is 36.6 Å². The Balaban J connectivity index is 2.01. The Morgan fingerprint density at radius 3 is 2.45 bits per heavy atom. The first-order valence-corrected chi connectivity index (χ1v) is 9.93. The van der Waals surface area contributed by atoms with E-state index in [1.165, 1.54) is 10.6 Å². The van der Waals surface area contributed by atoms with Crippen molar-refractivity contribution in [3.05, 3.63) is 70.1 Å². The second kappa shape index (κ2) is 9.49. The highest BCUT2D eigenvalue weighted by molar-refractivity contribution is 5.41. The van der Waals surface area contributed by atoms with Gasteiger partial charge in [0.15, 0.2) is 11.7 Å². The lowest BCUT2D eigenvalue weighted by molar-refractivity contribution is -0.239. The molecule has 0 aliphatic carbocycles. The van der Waals surface area contributed by atoms with Crippen molar-refractivity contribution in [3.8, 4) is 23.7 Å². The third-order valence-corrected chi connectivity index (χ3v) is 5.07. The summed E-state index contributed by atoms with van der Waals surface area (Å²) in [5.41, 5.74) is -1.28. The number of hydrogen-bond donors (Lipinski definition) is 4. The Morgan fingerprint density at radius 2 is 1.81 bits per heavy atom. The predicted octanol–water partition coefficient (Wildman–Crippen LogP) is 0.0450. The molecule has 0 spiro atoms. The second-order valence-electron chi connectivity index (χ2n) is 7.64. The molecule has 31 heavy (non-hydrogen) atoms. The minimum atomic E-state index is -2.21. The van der Waals surface area contributed by atoms with Crippen LogP contribution in [0.1, 0.15) is 31.0 Å². The van der Waals surface area contributed by atoms with Crippen molar-refractivity contribution >= 4 is 0 Å². The molecule has 1 aromatic carbocycles. The summed E-state index contributed by atoms with van der Waals surface area (Å²) >= 11 is 0. The molecule has 0 amide bonds. The normalized spacial score (nSPS) is 27.7. The number of pyridine rings is 1. The first kappa shape index (κ1) is 22.8. The molecule has 3 rings (SSSR count). The van der Waals surface area contributed by atoms with Gasteiger partial charge in [-0.05, 0) is 32.0 Å². The maximum atomic E-state index is 11.9. The average molecular weight is 423 g/mol. The van der Waals surface area contributed by atoms with Crippen LogP contribution >= 0.6 is 0 Å². The summed E-state index contributed by atoms with van der Waals surface area (Å²) < 4.78 is 7.11. The molecule has 1 aromatic heterocycles. The van der Waals surface area contributed by atoms with Crippen molar-refractivity contribution in [2.75, 3.05) is 6.61 Å². The van der Waals surface area contributed by atoms with Gasteiger partial charge in [0, 0.05) is 29.4 Å². The van der Waals surface area contributed by atoms with Crippen molar-refractivity contribution in [1.29, 1.82) is 0 Å². The zero-order chi connectivity index (χ0) is 22.6. The lowest BCUT2D eigenvalue weighted by Crippen LogP contribution is -2.65. The number of ether oxygens (including phenoxy) is 1. The van der Waals surface area contributed by atoms with Gasteiger partial charge >= 0.3 is 0 Å². The van der Waals surface area contributed by atoms with Crippen LogP contribution in [-0.4, -0.2) is 61.6 Å². The van der Waals surface area contributed by atoms with Gasteiger partial charge in [-0.1, -0.05) is 41.9 Å². The minimum absolute atomic E-state index is 0.0652. The third-order valence-electron chi connectivity index (χ3n) is 5.07. The van der Waals surface area contributed by atoms with Gasteiger partial charge in [0.05, 0.1) is 6.61 Å². The molecule has 1 fully saturated rings. The number of nitrogens with zero attached hydrogens (tertiary/aromatic N) is 1. The Labute approximate surface area is 180 Å². The van der Waals surface area contributed by atoms with Gasteiger partial charge in [0.1, 0.15) is 18.3 Å². The number of aliphatic hydroxyl groups is 4. The van der Waals surface area contributed by atoms with Crippen LogP contribution in [0.25, 0.3) is 0 Å². The summed E-state index contributed by atoms with van der Waals surface area (Å²) in [6, 6.07) is 11.7. The van der Waals surface area contributed by atoms with Crippen molar-refractivity contribution < 1.29 is 25.2 Å². The highest BCUT2D eigenvalue weighted by Gasteiger charge is 2.53. The molecule has 1 aliphatic rings. The SMILES string of the molecule is CC(C)n1cc(C#C[C@H]2O[C@H](CO)[C@@H](O)[C@H](O)[C@@]2(O)C#Cc2ccccc2)ccc1=O. The van der Waals surface area contributed by atoms with Crippen LogP contribution in [0.5, 0.6) is 0 Å². The molecule has 0 bridgehead atoms. The Kier molecular flexibility index (Phi) is 6.97. The van der Waals surface area contributed by atoms with Gasteiger partial charge in [-0.25, -0.2) is 0 Å². The van der Waals surface area contributed by atoms with Crippen molar-refractivity contribution in [2.45, 2.75) is 49.9 Å². The van der Waals surface area contributed by atoms with Gasteiger partial charge < -0.3 is 29.7 Å². The van der Waals surface area contributed by atoms with E-state index >= 15 is 0 Å². The summed E-state index contributed by atoms with van der Waals surface area (Å²) in [6.07, 6.45) is -4.15. The topological polar surface area (TPSA) is 112 Å². The second-order valence-corrected chi connectivity index (χ2v) is 7.64. The van der Waals surface area contributed by atoms with Gasteiger partial charge in [-0.15, -0.1) is 0 Å². The van der Waals surface area contributed by atoms with Crippen molar-refractivity contribution in [1.82, 2.24) is 4.57 Å². The van der Waals surface area contributed by atoms with Crippen molar-refractivity contribution in [3.63, 3.8) is 0 Å². The number of benzene rings is 1. The van der Waals surface area contributed by atoms with E-state index in [-0.39, 0.29) is 11.6 Å². The summed E-state index contributed by atoms with van der Waals surface area (Å²) in [5.74, 6) is 10.9. The molecule has 5 atom stereocenters. The van der Waals surface area contributed by atoms with Crippen LogP contribution in [0.15, 0.2) is 53.5 Å². The summed E-state index contributed by atoms with van der Waals surface area (Å²) in [6.45, 7) is 3.16. The quantitative estimate of drug-likeness (QED) is 0.508. The Morgan fingerprint density at radius 1 is 1.10 bits per heavy atom. The minimum Gasteiger partial charge on any atom is -0.394 e. The zero-order valence-corrected chi connectivity index (χ0v) is 17.3. The standard InChI is InChI=1S/C24H25NO6/c1-16(2)25-14-18(9-11-21(25)27)8-10-20-24(30,13-12-17-6-4-3-5-7-17)23(29)22(28)19(15-26)31-20/h3-7,9,11,14,16,19-20,22-23,26,28-30H,15H2,1-2H3/t19-,20-,22-,23+,24-/m1/s1. The van der Waals surface area contributed by atoms with E-state index in [1.807, 2.05) is 19.9 Å². The lowest BCUT2D eigenvalue weighted by atomic mass is 9.82. The monoisotopic (exact) mass is 423 g/mol. The van der Waals surface area contributed by atoms with E-state index in [2.05, 4.69) is 23.7 Å². The van der Waals surface area contributed by atoms with Crippen LogP contribution in [0.3, 0.4) is 0 Å². The zero-order valence-electron chi connectivity index (χ0n) is 17.3. The third kappa shape index (κ3) is 4.88. The van der Waals surface area contributed by atoms with Gasteiger partial charge in [-0.2, -0.15) is 0 Å². The molecule has 2 heterocycles. The molecular weight excluding hydrogens is 398 g/mol. The molecule has 0 saturated carbocycles. The van der Waals surface area contributed by atoms with Crippen molar-refractivity contribution in [2.24, 2.45) is 0 Å². The molecule has 0 radical (unpaired) electrons. The first-order valence-electron chi connectivity index (χ1n) is 9.93. The fourth-order valence-corrected chi connectivity index (χ4v) is 3.24. The lowest BCUT2D eigenvalue weighted by Gasteiger charge is -2.43. The fraction of sp³-hybridized carbons (Fsp3) is 0.375. The highest BCUT2D eigenvalue weighted by Crippen LogP contribution is 2.29. The smallest absolute Gasteiger partial charge is 0.250 e. The molecule has 4 N–H and O–H groups in total. The largest absolute Gasteiger partial charge is 0.394 e. The predicted molar refractivity (Wildman–Crippen MR) is 114 cm³/mol. The van der Waals surface area contributed by atoms with Gasteiger partial charge in [-0.3, -0.25) is 4.79 Å². The molecule has 7 heteroatoms. The van der Waals surface area contributed by atoms with E-state index in [0.717, 1.165) is 0 Å². The number of rotatable bonds is 2. The summed E-state index contributed by atoms with van der Waals surface area (Å²) in [7, 11) is 0. The molecule has 1 aliphatic heterocycles. The molecule has 7 nitrogen and oxygen atoms in total. The highest BCUT2D eigenvalue weighted by atomic mass is 16.5. The van der Waals surface area contributed by atoms with Gasteiger partial charge in [0.2, 0.25) is 0 Å². The van der Waals surface area contributed by atoms with Gasteiger partial charge in [0.25, 0.3) is 5.56 Å². The van der Waals surface area contributed by atoms with E-state index in [4.69, 9.17) is 4.74 Å². The molecule has 162 valence electrons.